The molecule has 3 rings (SSSR count). The summed E-state index contributed by atoms with van der Waals surface area (Å²) in [7, 11) is 4.10. The average molecular weight is 205 g/mol. The molecule has 0 amide bonds. The van der Waals surface area contributed by atoms with E-state index in [1.54, 1.807) is 0 Å². The number of hydrogen-bond acceptors (Lipinski definition) is 4. The molecule has 1 aromatic rings. The molecular formula is C10H15N5. The largest absolute Gasteiger partial charge is 0.340 e. The first kappa shape index (κ1) is 8.76. The van der Waals surface area contributed by atoms with Crippen LogP contribution in [0.25, 0.3) is 0 Å². The first-order chi connectivity index (χ1) is 7.16. The highest BCUT2D eigenvalue weighted by molar-refractivity contribution is 6.04. The maximum Gasteiger partial charge on any atom is 0.159 e. The molecule has 1 atom stereocenters. The Kier molecular flexibility index (Phi) is 1.60. The highest BCUT2D eigenvalue weighted by Gasteiger charge is 2.33. The number of aryl methyl sites for hydroxylation is 1. The SMILES string of the molecule is C[C@H]1CN2CN(C)c3ncn(C)c3C2=N1. The van der Waals surface area contributed by atoms with Crippen molar-refractivity contribution in [1.29, 1.82) is 0 Å². The number of hydrogen-bond donors (Lipinski definition) is 0. The van der Waals surface area contributed by atoms with Crippen molar-refractivity contribution < 1.29 is 0 Å². The number of aromatic nitrogens is 2. The van der Waals surface area contributed by atoms with E-state index in [0.717, 1.165) is 30.6 Å². The zero-order valence-corrected chi connectivity index (χ0v) is 9.30. The highest BCUT2D eigenvalue weighted by atomic mass is 15.4. The number of fused-ring (bicyclic) bond motifs is 3. The van der Waals surface area contributed by atoms with Crippen molar-refractivity contribution >= 4 is 11.7 Å². The van der Waals surface area contributed by atoms with E-state index in [1.807, 2.05) is 13.4 Å². The molecule has 5 nitrogen and oxygen atoms in total. The van der Waals surface area contributed by atoms with E-state index < -0.39 is 0 Å². The predicted molar refractivity (Wildman–Crippen MR) is 59.2 cm³/mol. The predicted octanol–water partition coefficient (Wildman–Crippen LogP) is 0.278. The second kappa shape index (κ2) is 2.74. The lowest BCUT2D eigenvalue weighted by molar-refractivity contribution is 0.424. The summed E-state index contributed by atoms with van der Waals surface area (Å²) in [6, 6.07) is 0.397. The molecule has 0 saturated carbocycles. The molecule has 0 unspecified atom stereocenters. The van der Waals surface area contributed by atoms with Gasteiger partial charge in [0.1, 0.15) is 5.69 Å². The molecule has 1 aromatic heterocycles. The molecule has 0 fully saturated rings. The number of imidazole rings is 1. The Hall–Kier alpha value is -1.52. The Morgan fingerprint density at radius 2 is 2.20 bits per heavy atom. The first-order valence-electron chi connectivity index (χ1n) is 5.22. The third-order valence-electron chi connectivity index (χ3n) is 3.00. The summed E-state index contributed by atoms with van der Waals surface area (Å²) in [6.07, 6.45) is 1.86. The van der Waals surface area contributed by atoms with Gasteiger partial charge in [-0.1, -0.05) is 0 Å². The monoisotopic (exact) mass is 205 g/mol. The van der Waals surface area contributed by atoms with Gasteiger partial charge in [0, 0.05) is 20.6 Å². The number of rotatable bonds is 0. The van der Waals surface area contributed by atoms with Crippen LogP contribution in [0, 0.1) is 0 Å². The van der Waals surface area contributed by atoms with Gasteiger partial charge in [-0.05, 0) is 6.92 Å². The van der Waals surface area contributed by atoms with Crippen LogP contribution in [-0.2, 0) is 7.05 Å². The van der Waals surface area contributed by atoms with Gasteiger partial charge in [-0.25, -0.2) is 4.98 Å². The zero-order chi connectivity index (χ0) is 10.6. The fourth-order valence-electron chi connectivity index (χ4n) is 2.35. The van der Waals surface area contributed by atoms with Gasteiger partial charge in [-0.2, -0.15) is 0 Å². The molecule has 2 aliphatic heterocycles. The van der Waals surface area contributed by atoms with E-state index in [1.165, 1.54) is 0 Å². The molecule has 80 valence electrons. The molecule has 2 aliphatic rings. The highest BCUT2D eigenvalue weighted by Crippen LogP contribution is 2.27. The lowest BCUT2D eigenvalue weighted by Gasteiger charge is -2.32. The van der Waals surface area contributed by atoms with Gasteiger partial charge in [-0.15, -0.1) is 0 Å². The smallest absolute Gasteiger partial charge is 0.159 e. The van der Waals surface area contributed by atoms with E-state index in [2.05, 4.69) is 38.3 Å². The van der Waals surface area contributed by atoms with Gasteiger partial charge in [-0.3, -0.25) is 4.99 Å². The standard InChI is InChI=1S/C10H15N5/c1-7-4-15-6-14(3)9-8(10(15)12-7)13(2)5-11-9/h5,7H,4,6H2,1-3H3/t7-/m0/s1. The van der Waals surface area contributed by atoms with E-state index in [9.17, 15) is 0 Å². The molecular weight excluding hydrogens is 190 g/mol. The fourth-order valence-corrected chi connectivity index (χ4v) is 2.35. The first-order valence-corrected chi connectivity index (χ1v) is 5.22. The van der Waals surface area contributed by atoms with Crippen LogP contribution in [0.5, 0.6) is 0 Å². The molecule has 5 heteroatoms. The summed E-state index contributed by atoms with van der Waals surface area (Å²) in [6.45, 7) is 4.07. The van der Waals surface area contributed by atoms with Crippen LogP contribution in [0.1, 0.15) is 12.6 Å². The quantitative estimate of drug-likeness (QED) is 0.610. The molecule has 0 aromatic carbocycles. The van der Waals surface area contributed by atoms with Crippen LogP contribution in [-0.4, -0.2) is 46.6 Å². The van der Waals surface area contributed by atoms with E-state index in [4.69, 9.17) is 0 Å². The number of nitrogens with zero attached hydrogens (tertiary/aromatic N) is 5. The Morgan fingerprint density at radius 1 is 1.40 bits per heavy atom. The second-order valence-electron chi connectivity index (χ2n) is 4.39. The van der Waals surface area contributed by atoms with Gasteiger partial charge in [0.25, 0.3) is 0 Å². The van der Waals surface area contributed by atoms with Gasteiger partial charge in [0.15, 0.2) is 11.7 Å². The van der Waals surface area contributed by atoms with Crippen LogP contribution in [0.3, 0.4) is 0 Å². The Labute approximate surface area is 89.0 Å². The van der Waals surface area contributed by atoms with Gasteiger partial charge >= 0.3 is 0 Å². The minimum atomic E-state index is 0.397. The third kappa shape index (κ3) is 1.09. The van der Waals surface area contributed by atoms with E-state index in [-0.39, 0.29) is 0 Å². The van der Waals surface area contributed by atoms with E-state index in [0.29, 0.717) is 6.04 Å². The lowest BCUT2D eigenvalue weighted by Crippen LogP contribution is -2.44. The summed E-state index contributed by atoms with van der Waals surface area (Å²) >= 11 is 0. The van der Waals surface area contributed by atoms with Crippen molar-refractivity contribution in [2.24, 2.45) is 12.0 Å². The van der Waals surface area contributed by atoms with E-state index >= 15 is 0 Å². The van der Waals surface area contributed by atoms with Crippen molar-refractivity contribution in [3.05, 3.63) is 12.0 Å². The Bertz CT molecular complexity index is 433. The molecule has 0 N–H and O–H groups in total. The lowest BCUT2D eigenvalue weighted by atomic mass is 10.3. The maximum atomic E-state index is 4.67. The molecule has 0 saturated heterocycles. The molecule has 0 spiro atoms. The molecule has 3 heterocycles. The van der Waals surface area contributed by atoms with Crippen LogP contribution in [0.15, 0.2) is 11.3 Å². The maximum absolute atomic E-state index is 4.67. The summed E-state index contributed by atoms with van der Waals surface area (Å²) in [5, 5.41) is 0. The second-order valence-corrected chi connectivity index (χ2v) is 4.39. The molecule has 15 heavy (non-hydrogen) atoms. The summed E-state index contributed by atoms with van der Waals surface area (Å²) in [5.41, 5.74) is 1.15. The number of aliphatic imine (C=N–C) groups is 1. The van der Waals surface area contributed by atoms with Gasteiger partial charge in [0.2, 0.25) is 0 Å². The van der Waals surface area contributed by atoms with Crippen LogP contribution < -0.4 is 4.90 Å². The number of anilines is 1. The van der Waals surface area contributed by atoms with Gasteiger partial charge < -0.3 is 14.4 Å². The summed E-state index contributed by atoms with van der Waals surface area (Å²) in [4.78, 5) is 13.6. The summed E-state index contributed by atoms with van der Waals surface area (Å²) < 4.78 is 2.05. The minimum absolute atomic E-state index is 0.397. The topological polar surface area (TPSA) is 36.7 Å². The average Bonchev–Trinajstić information content (AvgIpc) is 2.69. The summed E-state index contributed by atoms with van der Waals surface area (Å²) in [5.74, 6) is 2.15. The molecule has 0 aliphatic carbocycles. The van der Waals surface area contributed by atoms with Crippen molar-refractivity contribution in [3.8, 4) is 0 Å². The van der Waals surface area contributed by atoms with Crippen LogP contribution >= 0.6 is 0 Å². The Morgan fingerprint density at radius 3 is 3.00 bits per heavy atom. The minimum Gasteiger partial charge on any atom is -0.340 e. The normalized spacial score (nSPS) is 23.9. The van der Waals surface area contributed by atoms with Crippen molar-refractivity contribution in [1.82, 2.24) is 14.5 Å². The van der Waals surface area contributed by atoms with Crippen LogP contribution in [0.2, 0.25) is 0 Å². The van der Waals surface area contributed by atoms with Crippen LogP contribution in [0.4, 0.5) is 5.82 Å². The molecule has 0 radical (unpaired) electrons. The van der Waals surface area contributed by atoms with Crippen molar-refractivity contribution in [3.63, 3.8) is 0 Å². The molecule has 0 bridgehead atoms. The fraction of sp³-hybridized carbons (Fsp3) is 0.600. The number of amidine groups is 1. The third-order valence-corrected chi connectivity index (χ3v) is 3.00. The van der Waals surface area contributed by atoms with Crippen molar-refractivity contribution in [2.75, 3.05) is 25.2 Å². The van der Waals surface area contributed by atoms with Gasteiger partial charge in [0.05, 0.1) is 19.0 Å². The zero-order valence-electron chi connectivity index (χ0n) is 9.30. The Balaban J connectivity index is 2.17. The van der Waals surface area contributed by atoms with Crippen molar-refractivity contribution in [2.45, 2.75) is 13.0 Å².